The summed E-state index contributed by atoms with van der Waals surface area (Å²) >= 11 is 0. The van der Waals surface area contributed by atoms with Gasteiger partial charge in [-0.2, -0.15) is 4.31 Å². The summed E-state index contributed by atoms with van der Waals surface area (Å²) in [6.45, 7) is 3.63. The Morgan fingerprint density at radius 2 is 1.70 bits per heavy atom. The van der Waals surface area contributed by atoms with E-state index in [0.717, 1.165) is 12.8 Å². The van der Waals surface area contributed by atoms with E-state index in [1.54, 1.807) is 24.3 Å². The maximum atomic E-state index is 12.5. The molecule has 1 amide bonds. The van der Waals surface area contributed by atoms with Crippen molar-refractivity contribution in [1.82, 2.24) is 9.62 Å². The number of ether oxygens (including phenoxy) is 2. The van der Waals surface area contributed by atoms with Gasteiger partial charge in [-0.15, -0.1) is 0 Å². The predicted molar refractivity (Wildman–Crippen MR) is 114 cm³/mol. The fourth-order valence-electron chi connectivity index (χ4n) is 3.23. The third-order valence-electron chi connectivity index (χ3n) is 4.88. The highest BCUT2D eigenvalue weighted by molar-refractivity contribution is 7.89. The lowest BCUT2D eigenvalue weighted by molar-refractivity contribution is -0.128. The van der Waals surface area contributed by atoms with Crippen LogP contribution in [-0.4, -0.2) is 51.0 Å². The largest absolute Gasteiger partial charge is 0.492 e. The molecule has 2 aromatic carbocycles. The highest BCUT2D eigenvalue weighted by Crippen LogP contribution is 2.22. The van der Waals surface area contributed by atoms with Crippen LogP contribution in [0.25, 0.3) is 0 Å². The van der Waals surface area contributed by atoms with Gasteiger partial charge in [-0.25, -0.2) is 8.42 Å². The molecule has 1 heterocycles. The van der Waals surface area contributed by atoms with Crippen LogP contribution in [-0.2, 0) is 14.8 Å². The molecule has 8 heteroatoms. The van der Waals surface area contributed by atoms with Crippen LogP contribution in [0.5, 0.6) is 11.5 Å². The Morgan fingerprint density at radius 1 is 1.03 bits per heavy atom. The summed E-state index contributed by atoms with van der Waals surface area (Å²) in [5, 5.41) is 2.81. The molecule has 0 saturated carbocycles. The normalized spacial score (nSPS) is 15.5. The maximum Gasteiger partial charge on any atom is 0.261 e. The second-order valence-electron chi connectivity index (χ2n) is 7.05. The van der Waals surface area contributed by atoms with Crippen LogP contribution in [0.2, 0.25) is 0 Å². The van der Waals surface area contributed by atoms with Crippen molar-refractivity contribution in [3.8, 4) is 11.5 Å². The van der Waals surface area contributed by atoms with E-state index in [2.05, 4.69) is 5.32 Å². The van der Waals surface area contributed by atoms with Crippen molar-refractivity contribution in [1.29, 1.82) is 0 Å². The van der Waals surface area contributed by atoms with Gasteiger partial charge < -0.3 is 14.8 Å². The standard InChI is InChI=1S/C22H28N2O5S/c1-2-21(29-19-8-4-3-5-9-19)22(25)23-14-17-28-18-10-12-20(13-11-18)30(26,27)24-15-6-7-16-24/h3-5,8-13,21H,2,6-7,14-17H2,1H3,(H,23,25)/t21-/m0/s1. The van der Waals surface area contributed by atoms with E-state index >= 15 is 0 Å². The van der Waals surface area contributed by atoms with E-state index in [-0.39, 0.29) is 17.4 Å². The van der Waals surface area contributed by atoms with Gasteiger partial charge in [0, 0.05) is 13.1 Å². The van der Waals surface area contributed by atoms with Crippen LogP contribution in [0.4, 0.5) is 0 Å². The number of nitrogens with zero attached hydrogens (tertiary/aromatic N) is 1. The van der Waals surface area contributed by atoms with Crippen molar-refractivity contribution in [2.24, 2.45) is 0 Å². The van der Waals surface area contributed by atoms with E-state index in [9.17, 15) is 13.2 Å². The molecule has 1 aliphatic heterocycles. The van der Waals surface area contributed by atoms with E-state index < -0.39 is 16.1 Å². The Bertz CT molecular complexity index is 910. The number of hydrogen-bond acceptors (Lipinski definition) is 5. The number of hydrogen-bond donors (Lipinski definition) is 1. The molecule has 2 aromatic rings. The first-order valence-electron chi connectivity index (χ1n) is 10.2. The number of nitrogens with one attached hydrogen (secondary N) is 1. The van der Waals surface area contributed by atoms with Gasteiger partial charge in [-0.05, 0) is 55.7 Å². The summed E-state index contributed by atoms with van der Waals surface area (Å²) in [6.07, 6.45) is 1.79. The van der Waals surface area contributed by atoms with Crippen molar-refractivity contribution in [3.63, 3.8) is 0 Å². The zero-order valence-electron chi connectivity index (χ0n) is 17.1. The summed E-state index contributed by atoms with van der Waals surface area (Å²) in [7, 11) is -3.42. The molecule has 1 saturated heterocycles. The van der Waals surface area contributed by atoms with Crippen molar-refractivity contribution < 1.29 is 22.7 Å². The molecule has 162 valence electrons. The molecule has 0 unspecified atom stereocenters. The minimum atomic E-state index is -3.42. The lowest BCUT2D eigenvalue weighted by Crippen LogP contribution is -2.39. The predicted octanol–water partition coefficient (Wildman–Crippen LogP) is 2.82. The Balaban J connectivity index is 1.44. The van der Waals surface area contributed by atoms with Crippen LogP contribution in [0, 0.1) is 0 Å². The number of carbonyl (C=O) groups excluding carboxylic acids is 1. The smallest absolute Gasteiger partial charge is 0.261 e. The molecule has 0 radical (unpaired) electrons. The molecule has 7 nitrogen and oxygen atoms in total. The second-order valence-corrected chi connectivity index (χ2v) is 8.99. The number of sulfonamides is 1. The monoisotopic (exact) mass is 432 g/mol. The van der Waals surface area contributed by atoms with Crippen LogP contribution >= 0.6 is 0 Å². The molecule has 1 fully saturated rings. The second kappa shape index (κ2) is 10.4. The van der Waals surface area contributed by atoms with Crippen molar-refractivity contribution in [2.45, 2.75) is 37.2 Å². The number of rotatable bonds is 10. The molecule has 0 bridgehead atoms. The molecule has 1 N–H and O–H groups in total. The number of para-hydroxylation sites is 1. The highest BCUT2D eigenvalue weighted by Gasteiger charge is 2.27. The van der Waals surface area contributed by atoms with Gasteiger partial charge in [0.1, 0.15) is 18.1 Å². The molecule has 3 rings (SSSR count). The fourth-order valence-corrected chi connectivity index (χ4v) is 4.74. The quantitative estimate of drug-likeness (QED) is 0.584. The van der Waals surface area contributed by atoms with Gasteiger partial charge in [0.15, 0.2) is 6.10 Å². The van der Waals surface area contributed by atoms with E-state index in [1.165, 1.54) is 4.31 Å². The van der Waals surface area contributed by atoms with Gasteiger partial charge in [0.05, 0.1) is 11.4 Å². The topological polar surface area (TPSA) is 84.9 Å². The van der Waals surface area contributed by atoms with Gasteiger partial charge in [0.25, 0.3) is 5.91 Å². The number of benzene rings is 2. The molecular weight excluding hydrogens is 404 g/mol. The van der Waals surface area contributed by atoms with Gasteiger partial charge in [0.2, 0.25) is 10.0 Å². The summed E-state index contributed by atoms with van der Waals surface area (Å²) in [5.74, 6) is 1.01. The van der Waals surface area contributed by atoms with Crippen LogP contribution < -0.4 is 14.8 Å². The van der Waals surface area contributed by atoms with Gasteiger partial charge in [-0.3, -0.25) is 4.79 Å². The first-order valence-corrected chi connectivity index (χ1v) is 11.7. The minimum absolute atomic E-state index is 0.197. The first kappa shape index (κ1) is 22.1. The van der Waals surface area contributed by atoms with Gasteiger partial charge >= 0.3 is 0 Å². The number of amides is 1. The van der Waals surface area contributed by atoms with E-state index in [4.69, 9.17) is 9.47 Å². The zero-order chi connectivity index (χ0) is 21.4. The molecule has 0 spiro atoms. The zero-order valence-corrected chi connectivity index (χ0v) is 17.9. The molecule has 0 aromatic heterocycles. The third-order valence-corrected chi connectivity index (χ3v) is 6.79. The Hall–Kier alpha value is -2.58. The molecule has 1 aliphatic rings. The molecule has 0 aliphatic carbocycles. The Kier molecular flexibility index (Phi) is 7.70. The average molecular weight is 433 g/mol. The number of carbonyl (C=O) groups is 1. The fraction of sp³-hybridized carbons (Fsp3) is 0.409. The SMILES string of the molecule is CC[C@H](Oc1ccccc1)C(=O)NCCOc1ccc(S(=O)(=O)N2CCCC2)cc1. The lowest BCUT2D eigenvalue weighted by Gasteiger charge is -2.17. The van der Waals surface area contributed by atoms with Crippen molar-refractivity contribution >= 4 is 15.9 Å². The van der Waals surface area contributed by atoms with Crippen molar-refractivity contribution in [2.75, 3.05) is 26.2 Å². The molecule has 1 atom stereocenters. The summed E-state index contributed by atoms with van der Waals surface area (Å²) in [4.78, 5) is 12.6. The summed E-state index contributed by atoms with van der Waals surface area (Å²) in [5.41, 5.74) is 0. The maximum absolute atomic E-state index is 12.5. The Labute approximate surface area is 178 Å². The van der Waals surface area contributed by atoms with Crippen LogP contribution in [0.3, 0.4) is 0 Å². The van der Waals surface area contributed by atoms with Crippen LogP contribution in [0.1, 0.15) is 26.2 Å². The molecule has 30 heavy (non-hydrogen) atoms. The van der Waals surface area contributed by atoms with E-state index in [1.807, 2.05) is 37.3 Å². The highest BCUT2D eigenvalue weighted by atomic mass is 32.2. The molecular formula is C22H28N2O5S. The van der Waals surface area contributed by atoms with E-state index in [0.29, 0.717) is 37.6 Å². The van der Waals surface area contributed by atoms with Crippen molar-refractivity contribution in [3.05, 3.63) is 54.6 Å². The van der Waals surface area contributed by atoms with Crippen LogP contribution in [0.15, 0.2) is 59.5 Å². The first-order chi connectivity index (χ1) is 14.5. The third kappa shape index (κ3) is 5.73. The van der Waals surface area contributed by atoms with Gasteiger partial charge in [-0.1, -0.05) is 25.1 Å². The lowest BCUT2D eigenvalue weighted by atomic mass is 10.2. The summed E-state index contributed by atoms with van der Waals surface area (Å²) < 4.78 is 37.9. The average Bonchev–Trinajstić information content (AvgIpc) is 3.32. The minimum Gasteiger partial charge on any atom is -0.492 e. The summed E-state index contributed by atoms with van der Waals surface area (Å²) in [6, 6.07) is 15.6. The Morgan fingerprint density at radius 3 is 2.33 bits per heavy atom.